The second-order valence-corrected chi connectivity index (χ2v) is 5.15. The van der Waals surface area contributed by atoms with Gasteiger partial charge in [-0.2, -0.15) is 18.3 Å². The fraction of sp³-hybridized carbons (Fsp3) is 0.727. The highest BCUT2D eigenvalue weighted by atomic mass is 19.4. The maximum atomic E-state index is 12.0. The van der Waals surface area contributed by atoms with Gasteiger partial charge >= 0.3 is 6.18 Å². The highest BCUT2D eigenvalue weighted by Crippen LogP contribution is 2.24. The minimum absolute atomic E-state index is 0.170. The van der Waals surface area contributed by atoms with Gasteiger partial charge in [0, 0.05) is 30.8 Å². The zero-order valence-electron chi connectivity index (χ0n) is 10.5. The highest BCUT2D eigenvalue weighted by Gasteiger charge is 2.27. The third kappa shape index (κ3) is 4.38. The third-order valence-electron chi connectivity index (χ3n) is 2.26. The molecule has 0 fully saturated rings. The van der Waals surface area contributed by atoms with Gasteiger partial charge in [-0.15, -0.1) is 0 Å². The molecule has 0 bridgehead atoms. The molecule has 1 aromatic heterocycles. The lowest BCUT2D eigenvalue weighted by Gasteiger charge is -2.17. The van der Waals surface area contributed by atoms with Crippen molar-refractivity contribution in [2.75, 3.05) is 6.54 Å². The molecule has 6 heteroatoms. The van der Waals surface area contributed by atoms with Gasteiger partial charge in [-0.1, -0.05) is 20.8 Å². The number of halogens is 3. The average molecular weight is 249 g/mol. The molecule has 0 amide bonds. The first kappa shape index (κ1) is 14.0. The summed E-state index contributed by atoms with van der Waals surface area (Å²) in [6.45, 7) is 5.17. The minimum atomic E-state index is -4.18. The van der Waals surface area contributed by atoms with Crippen LogP contribution in [0.15, 0.2) is 6.20 Å². The second-order valence-electron chi connectivity index (χ2n) is 5.15. The molecular formula is C11H18F3N3. The van der Waals surface area contributed by atoms with Crippen LogP contribution in [0, 0.1) is 0 Å². The van der Waals surface area contributed by atoms with Crippen molar-refractivity contribution in [2.45, 2.75) is 38.9 Å². The van der Waals surface area contributed by atoms with Gasteiger partial charge in [0.25, 0.3) is 0 Å². The summed E-state index contributed by atoms with van der Waals surface area (Å²) in [6, 6.07) is 0. The Balaban J connectivity index is 2.71. The van der Waals surface area contributed by atoms with Gasteiger partial charge in [-0.25, -0.2) is 0 Å². The molecule has 0 aliphatic heterocycles. The number of rotatable bonds is 3. The SMILES string of the molecule is Cn1cc(CNCC(F)(F)F)c(C(C)(C)C)n1. The van der Waals surface area contributed by atoms with Crippen molar-refractivity contribution >= 4 is 0 Å². The van der Waals surface area contributed by atoms with Gasteiger partial charge in [0.05, 0.1) is 12.2 Å². The van der Waals surface area contributed by atoms with E-state index in [0.717, 1.165) is 11.3 Å². The van der Waals surface area contributed by atoms with Crippen molar-refractivity contribution in [1.29, 1.82) is 0 Å². The molecule has 0 saturated carbocycles. The number of aromatic nitrogens is 2. The Kier molecular flexibility index (Phi) is 3.86. The topological polar surface area (TPSA) is 29.9 Å². The summed E-state index contributed by atoms with van der Waals surface area (Å²) < 4.78 is 37.7. The number of alkyl halides is 3. The molecule has 1 N–H and O–H groups in total. The largest absolute Gasteiger partial charge is 0.401 e. The molecular weight excluding hydrogens is 231 g/mol. The molecule has 0 saturated heterocycles. The zero-order valence-corrected chi connectivity index (χ0v) is 10.5. The van der Waals surface area contributed by atoms with Crippen LogP contribution in [0.4, 0.5) is 13.2 Å². The average Bonchev–Trinajstić information content (AvgIpc) is 2.43. The van der Waals surface area contributed by atoms with E-state index in [9.17, 15) is 13.2 Å². The van der Waals surface area contributed by atoms with E-state index in [-0.39, 0.29) is 12.0 Å². The third-order valence-corrected chi connectivity index (χ3v) is 2.26. The lowest BCUT2D eigenvalue weighted by atomic mass is 9.89. The fourth-order valence-corrected chi connectivity index (χ4v) is 1.64. The predicted molar refractivity (Wildman–Crippen MR) is 59.7 cm³/mol. The summed E-state index contributed by atoms with van der Waals surface area (Å²) >= 11 is 0. The molecule has 17 heavy (non-hydrogen) atoms. The summed E-state index contributed by atoms with van der Waals surface area (Å²) in [5, 5.41) is 6.68. The fourth-order valence-electron chi connectivity index (χ4n) is 1.64. The van der Waals surface area contributed by atoms with E-state index < -0.39 is 12.7 Å². The number of nitrogens with one attached hydrogen (secondary N) is 1. The van der Waals surface area contributed by atoms with Gasteiger partial charge in [0.1, 0.15) is 0 Å². The van der Waals surface area contributed by atoms with Crippen LogP contribution >= 0.6 is 0 Å². The van der Waals surface area contributed by atoms with Gasteiger partial charge in [0.2, 0.25) is 0 Å². The molecule has 1 aromatic rings. The van der Waals surface area contributed by atoms with E-state index >= 15 is 0 Å². The number of aryl methyl sites for hydroxylation is 1. The Morgan fingerprint density at radius 2 is 1.88 bits per heavy atom. The van der Waals surface area contributed by atoms with E-state index in [0.29, 0.717) is 0 Å². The van der Waals surface area contributed by atoms with Crippen LogP contribution in [0.3, 0.4) is 0 Å². The van der Waals surface area contributed by atoms with Crippen molar-refractivity contribution in [1.82, 2.24) is 15.1 Å². The highest BCUT2D eigenvalue weighted by molar-refractivity contribution is 5.23. The molecule has 3 nitrogen and oxygen atoms in total. The monoisotopic (exact) mass is 249 g/mol. The van der Waals surface area contributed by atoms with Crippen LogP contribution in [-0.2, 0) is 19.0 Å². The first-order valence-electron chi connectivity index (χ1n) is 5.40. The van der Waals surface area contributed by atoms with Gasteiger partial charge in [-0.05, 0) is 0 Å². The molecule has 1 rings (SSSR count). The Labute approximate surface area is 99.0 Å². The van der Waals surface area contributed by atoms with Crippen molar-refractivity contribution in [3.8, 4) is 0 Å². The first-order valence-corrected chi connectivity index (χ1v) is 5.40. The first-order chi connectivity index (χ1) is 7.59. The summed E-state index contributed by atoms with van der Waals surface area (Å²) in [6.07, 6.45) is -2.42. The lowest BCUT2D eigenvalue weighted by Crippen LogP contribution is -2.29. The Bertz CT molecular complexity index is 374. The molecule has 0 atom stereocenters. The van der Waals surface area contributed by atoms with Gasteiger partial charge in [0.15, 0.2) is 0 Å². The summed E-state index contributed by atoms with van der Waals surface area (Å²) in [5.41, 5.74) is 1.47. The smallest absolute Gasteiger partial charge is 0.304 e. The van der Waals surface area contributed by atoms with Crippen LogP contribution in [0.25, 0.3) is 0 Å². The predicted octanol–water partition coefficient (Wildman–Crippen LogP) is 2.37. The normalized spacial score (nSPS) is 13.1. The molecule has 0 spiro atoms. The van der Waals surface area contributed by atoms with Crippen molar-refractivity contribution in [2.24, 2.45) is 7.05 Å². The molecule has 0 aliphatic rings. The van der Waals surface area contributed by atoms with E-state index in [1.54, 1.807) is 17.9 Å². The van der Waals surface area contributed by atoms with Gasteiger partial charge in [-0.3, -0.25) is 4.68 Å². The van der Waals surface area contributed by atoms with E-state index in [1.807, 2.05) is 20.8 Å². The molecule has 98 valence electrons. The number of hydrogen-bond acceptors (Lipinski definition) is 2. The van der Waals surface area contributed by atoms with Crippen LogP contribution in [0.1, 0.15) is 32.0 Å². The Morgan fingerprint density at radius 1 is 1.29 bits per heavy atom. The lowest BCUT2D eigenvalue weighted by molar-refractivity contribution is -0.125. The molecule has 0 unspecified atom stereocenters. The molecule has 1 heterocycles. The second kappa shape index (κ2) is 4.68. The zero-order chi connectivity index (χ0) is 13.3. The molecule has 0 aromatic carbocycles. The van der Waals surface area contributed by atoms with Crippen molar-refractivity contribution < 1.29 is 13.2 Å². The number of hydrogen-bond donors (Lipinski definition) is 1. The number of nitrogens with zero attached hydrogens (tertiary/aromatic N) is 2. The van der Waals surface area contributed by atoms with E-state index in [1.165, 1.54) is 0 Å². The maximum absolute atomic E-state index is 12.0. The van der Waals surface area contributed by atoms with Crippen LogP contribution < -0.4 is 5.32 Å². The van der Waals surface area contributed by atoms with Gasteiger partial charge < -0.3 is 5.32 Å². The minimum Gasteiger partial charge on any atom is -0.304 e. The van der Waals surface area contributed by atoms with Crippen LogP contribution in [0.5, 0.6) is 0 Å². The van der Waals surface area contributed by atoms with E-state index in [4.69, 9.17) is 0 Å². The Morgan fingerprint density at radius 3 is 2.35 bits per heavy atom. The van der Waals surface area contributed by atoms with Crippen molar-refractivity contribution in [3.05, 3.63) is 17.5 Å². The summed E-state index contributed by atoms with van der Waals surface area (Å²) in [7, 11) is 1.77. The summed E-state index contributed by atoms with van der Waals surface area (Å²) in [5.74, 6) is 0. The maximum Gasteiger partial charge on any atom is 0.401 e. The molecule has 0 radical (unpaired) electrons. The van der Waals surface area contributed by atoms with E-state index in [2.05, 4.69) is 10.4 Å². The summed E-state index contributed by atoms with van der Waals surface area (Å²) in [4.78, 5) is 0. The van der Waals surface area contributed by atoms with Crippen LogP contribution in [0.2, 0.25) is 0 Å². The quantitative estimate of drug-likeness (QED) is 0.891. The Hall–Kier alpha value is -1.04. The molecule has 0 aliphatic carbocycles. The van der Waals surface area contributed by atoms with Crippen molar-refractivity contribution in [3.63, 3.8) is 0 Å². The standard InChI is InChI=1S/C11H18F3N3/c1-10(2,3)9-8(6-17(4)16-9)5-15-7-11(12,13)14/h6,15H,5,7H2,1-4H3. The van der Waals surface area contributed by atoms with Crippen LogP contribution in [-0.4, -0.2) is 22.5 Å².